The lowest BCUT2D eigenvalue weighted by Gasteiger charge is -2.12. The van der Waals surface area contributed by atoms with Crippen LogP contribution in [0.4, 0.5) is 13.2 Å². The number of hydrogen-bond donors (Lipinski definition) is 2. The van der Waals surface area contributed by atoms with E-state index in [1.807, 2.05) is 0 Å². The number of nitrogens with zero attached hydrogens (tertiary/aromatic N) is 2. The van der Waals surface area contributed by atoms with Crippen LogP contribution in [0.25, 0.3) is 0 Å². The fourth-order valence-corrected chi connectivity index (χ4v) is 2.49. The SMILES string of the molecule is CN=C(NCc1ccc(Oc2cccc(F)c2)nc1)NCc1cc(F)ccc1F.I. The van der Waals surface area contributed by atoms with Gasteiger partial charge in [-0.1, -0.05) is 12.1 Å². The zero-order valence-electron chi connectivity index (χ0n) is 16.0. The molecule has 1 heterocycles. The maximum Gasteiger partial charge on any atom is 0.219 e. The van der Waals surface area contributed by atoms with E-state index in [0.717, 1.165) is 23.8 Å². The maximum absolute atomic E-state index is 13.7. The number of hydrogen-bond acceptors (Lipinski definition) is 3. The lowest BCUT2D eigenvalue weighted by molar-refractivity contribution is 0.457. The van der Waals surface area contributed by atoms with Crippen LogP contribution >= 0.6 is 24.0 Å². The van der Waals surface area contributed by atoms with Gasteiger partial charge < -0.3 is 15.4 Å². The fourth-order valence-electron chi connectivity index (χ4n) is 2.49. The monoisotopic (exact) mass is 528 g/mol. The molecule has 0 fully saturated rings. The van der Waals surface area contributed by atoms with Crippen LogP contribution in [-0.2, 0) is 13.1 Å². The van der Waals surface area contributed by atoms with E-state index in [1.54, 1.807) is 37.5 Å². The van der Waals surface area contributed by atoms with Crippen LogP contribution in [-0.4, -0.2) is 18.0 Å². The van der Waals surface area contributed by atoms with Crippen molar-refractivity contribution in [1.29, 1.82) is 0 Å². The molecule has 3 rings (SSSR count). The Labute approximate surface area is 189 Å². The second kappa shape index (κ2) is 11.4. The average molecular weight is 528 g/mol. The first-order valence-electron chi connectivity index (χ1n) is 8.80. The van der Waals surface area contributed by atoms with Crippen molar-refractivity contribution in [1.82, 2.24) is 15.6 Å². The van der Waals surface area contributed by atoms with E-state index in [1.165, 1.54) is 12.1 Å². The Kier molecular flexibility index (Phi) is 8.90. The van der Waals surface area contributed by atoms with Crippen molar-refractivity contribution in [3.05, 3.63) is 89.4 Å². The molecule has 5 nitrogen and oxygen atoms in total. The predicted octanol–water partition coefficient (Wildman–Crippen LogP) is 4.77. The van der Waals surface area contributed by atoms with Crippen LogP contribution in [0.2, 0.25) is 0 Å². The topological polar surface area (TPSA) is 58.5 Å². The van der Waals surface area contributed by atoms with Gasteiger partial charge in [-0.25, -0.2) is 18.2 Å². The number of rotatable bonds is 6. The number of benzene rings is 2. The minimum Gasteiger partial charge on any atom is -0.439 e. The molecule has 0 aliphatic heterocycles. The van der Waals surface area contributed by atoms with Gasteiger partial charge in [0, 0.05) is 44.0 Å². The first-order valence-corrected chi connectivity index (χ1v) is 8.80. The van der Waals surface area contributed by atoms with Crippen molar-refractivity contribution in [3.63, 3.8) is 0 Å². The molecule has 158 valence electrons. The number of nitrogens with one attached hydrogen (secondary N) is 2. The third kappa shape index (κ3) is 6.90. The van der Waals surface area contributed by atoms with Gasteiger partial charge in [-0.15, -0.1) is 24.0 Å². The van der Waals surface area contributed by atoms with E-state index in [0.29, 0.717) is 24.1 Å². The van der Waals surface area contributed by atoms with Gasteiger partial charge in [0.15, 0.2) is 5.96 Å². The second-order valence-corrected chi connectivity index (χ2v) is 6.08. The fraction of sp³-hybridized carbons (Fsp3) is 0.143. The van der Waals surface area contributed by atoms with Crippen LogP contribution in [0.5, 0.6) is 11.6 Å². The molecular formula is C21H20F3IN4O. The van der Waals surface area contributed by atoms with Crippen molar-refractivity contribution in [3.8, 4) is 11.6 Å². The number of halogens is 4. The van der Waals surface area contributed by atoms with Gasteiger partial charge in [0.2, 0.25) is 5.88 Å². The Bertz CT molecular complexity index is 1000. The van der Waals surface area contributed by atoms with Crippen molar-refractivity contribution in [2.75, 3.05) is 7.05 Å². The summed E-state index contributed by atoms with van der Waals surface area (Å²) in [7, 11) is 1.57. The molecular weight excluding hydrogens is 508 g/mol. The second-order valence-electron chi connectivity index (χ2n) is 6.08. The molecule has 2 aromatic carbocycles. The van der Waals surface area contributed by atoms with Gasteiger partial charge in [-0.2, -0.15) is 0 Å². The third-order valence-electron chi connectivity index (χ3n) is 3.95. The quantitative estimate of drug-likeness (QED) is 0.275. The summed E-state index contributed by atoms with van der Waals surface area (Å²) < 4.78 is 45.6. The number of aliphatic imine (C=N–C) groups is 1. The lowest BCUT2D eigenvalue weighted by Crippen LogP contribution is -2.36. The van der Waals surface area contributed by atoms with E-state index in [-0.39, 0.29) is 41.9 Å². The van der Waals surface area contributed by atoms with Crippen molar-refractivity contribution in [2.45, 2.75) is 13.1 Å². The van der Waals surface area contributed by atoms with Crippen LogP contribution in [0, 0.1) is 17.5 Å². The standard InChI is InChI=1S/C21H19F3N4O.HI/c1-25-21(28-13-15-9-17(23)6-7-19(15)24)27-12-14-5-8-20(26-11-14)29-18-4-2-3-16(22)10-18;/h2-11H,12-13H2,1H3,(H2,25,27,28);1H. The van der Waals surface area contributed by atoms with Gasteiger partial charge in [0.05, 0.1) is 0 Å². The van der Waals surface area contributed by atoms with Crippen LogP contribution in [0.1, 0.15) is 11.1 Å². The smallest absolute Gasteiger partial charge is 0.219 e. The minimum atomic E-state index is -0.502. The molecule has 0 radical (unpaired) electrons. The molecule has 1 aromatic heterocycles. The molecule has 3 aromatic rings. The van der Waals surface area contributed by atoms with Crippen molar-refractivity contribution in [2.24, 2.45) is 4.99 Å². The van der Waals surface area contributed by atoms with E-state index in [9.17, 15) is 13.2 Å². The summed E-state index contributed by atoms with van der Waals surface area (Å²) in [4.78, 5) is 8.24. The summed E-state index contributed by atoms with van der Waals surface area (Å²) in [5.74, 6) is -0.264. The molecule has 0 aliphatic carbocycles. The molecule has 9 heteroatoms. The highest BCUT2D eigenvalue weighted by atomic mass is 127. The molecule has 30 heavy (non-hydrogen) atoms. The van der Waals surface area contributed by atoms with Gasteiger partial charge in [0.1, 0.15) is 23.2 Å². The van der Waals surface area contributed by atoms with Crippen molar-refractivity contribution >= 4 is 29.9 Å². The first-order chi connectivity index (χ1) is 14.0. The molecule has 0 atom stereocenters. The van der Waals surface area contributed by atoms with E-state index < -0.39 is 11.6 Å². The molecule has 0 saturated heterocycles. The predicted molar refractivity (Wildman–Crippen MR) is 120 cm³/mol. The van der Waals surface area contributed by atoms with E-state index in [4.69, 9.17) is 4.74 Å². The summed E-state index contributed by atoms with van der Waals surface area (Å²) in [5.41, 5.74) is 1.05. The van der Waals surface area contributed by atoms with Crippen LogP contribution in [0.15, 0.2) is 65.8 Å². The van der Waals surface area contributed by atoms with Crippen LogP contribution < -0.4 is 15.4 Å². The normalized spacial score (nSPS) is 10.9. The molecule has 0 unspecified atom stereocenters. The van der Waals surface area contributed by atoms with Gasteiger partial charge in [0.25, 0.3) is 0 Å². The molecule has 0 bridgehead atoms. The number of aromatic nitrogens is 1. The summed E-state index contributed by atoms with van der Waals surface area (Å²) in [6, 6.07) is 12.6. The molecule has 0 saturated carbocycles. The highest BCUT2D eigenvalue weighted by molar-refractivity contribution is 14.0. The zero-order chi connectivity index (χ0) is 20.6. The summed E-state index contributed by atoms with van der Waals surface area (Å²) in [5, 5.41) is 5.98. The minimum absolute atomic E-state index is 0. The Balaban J connectivity index is 0.00000320. The number of pyridine rings is 1. The van der Waals surface area contributed by atoms with Gasteiger partial charge in [-0.05, 0) is 35.9 Å². The third-order valence-corrected chi connectivity index (χ3v) is 3.95. The largest absolute Gasteiger partial charge is 0.439 e. The molecule has 0 spiro atoms. The lowest BCUT2D eigenvalue weighted by atomic mass is 10.2. The Hall–Kier alpha value is -2.82. The Morgan fingerprint density at radius 3 is 2.43 bits per heavy atom. The average Bonchev–Trinajstić information content (AvgIpc) is 2.71. The molecule has 0 aliphatic rings. The zero-order valence-corrected chi connectivity index (χ0v) is 18.4. The molecule has 0 amide bonds. The van der Waals surface area contributed by atoms with Crippen molar-refractivity contribution < 1.29 is 17.9 Å². The number of guanidine groups is 1. The highest BCUT2D eigenvalue weighted by Crippen LogP contribution is 2.20. The Morgan fingerprint density at radius 2 is 1.73 bits per heavy atom. The summed E-state index contributed by atoms with van der Waals surface area (Å²) in [6.07, 6.45) is 1.61. The van der Waals surface area contributed by atoms with Gasteiger partial charge >= 0.3 is 0 Å². The summed E-state index contributed by atoms with van der Waals surface area (Å²) in [6.45, 7) is 0.487. The van der Waals surface area contributed by atoms with Gasteiger partial charge in [-0.3, -0.25) is 4.99 Å². The number of ether oxygens (including phenoxy) is 1. The Morgan fingerprint density at radius 1 is 0.967 bits per heavy atom. The van der Waals surface area contributed by atoms with E-state index >= 15 is 0 Å². The van der Waals surface area contributed by atoms with Crippen LogP contribution in [0.3, 0.4) is 0 Å². The molecule has 2 N–H and O–H groups in total. The highest BCUT2D eigenvalue weighted by Gasteiger charge is 2.06. The van der Waals surface area contributed by atoms with E-state index in [2.05, 4.69) is 20.6 Å². The maximum atomic E-state index is 13.7. The summed E-state index contributed by atoms with van der Waals surface area (Å²) >= 11 is 0. The first kappa shape index (κ1) is 23.5.